The minimum absolute atomic E-state index is 0.358. The van der Waals surface area contributed by atoms with Gasteiger partial charge in [0.25, 0.3) is 0 Å². The van der Waals surface area contributed by atoms with Gasteiger partial charge in [-0.15, -0.1) is 0 Å². The number of nitrogens with zero attached hydrogens (tertiary/aromatic N) is 2. The molecule has 0 spiro atoms. The third-order valence-corrected chi connectivity index (χ3v) is 4.52. The van der Waals surface area contributed by atoms with E-state index >= 15 is 0 Å². The van der Waals surface area contributed by atoms with Gasteiger partial charge in [0.2, 0.25) is 0 Å². The highest BCUT2D eigenvalue weighted by molar-refractivity contribution is 5.43. The molecule has 1 unspecified atom stereocenters. The fourth-order valence-electron chi connectivity index (χ4n) is 3.48. The van der Waals surface area contributed by atoms with Crippen LogP contribution in [0.4, 0.5) is 0 Å². The van der Waals surface area contributed by atoms with Crippen molar-refractivity contribution >= 4 is 0 Å². The van der Waals surface area contributed by atoms with Gasteiger partial charge >= 0.3 is 0 Å². The van der Waals surface area contributed by atoms with Crippen LogP contribution in [0, 0.1) is 6.92 Å². The molecule has 1 aliphatic rings. The van der Waals surface area contributed by atoms with Gasteiger partial charge in [-0.25, -0.2) is 0 Å². The number of aryl methyl sites for hydroxylation is 1. The first-order chi connectivity index (χ1) is 11.1. The average Bonchev–Trinajstić information content (AvgIpc) is 3.01. The van der Waals surface area contributed by atoms with Crippen LogP contribution in [-0.4, -0.2) is 36.2 Å². The Morgan fingerprint density at radius 2 is 2.13 bits per heavy atom. The minimum atomic E-state index is -0.588. The Labute approximate surface area is 138 Å². The first-order valence-corrected chi connectivity index (χ1v) is 8.06. The first kappa shape index (κ1) is 16.0. The Morgan fingerprint density at radius 1 is 1.30 bits per heavy atom. The average molecular weight is 312 g/mol. The second-order valence-electron chi connectivity index (χ2n) is 6.20. The Balaban J connectivity index is 2.24. The Hall–Kier alpha value is -1.91. The van der Waals surface area contributed by atoms with Gasteiger partial charge < -0.3 is 9.47 Å². The van der Waals surface area contributed by atoms with Crippen LogP contribution in [0.1, 0.15) is 30.5 Å². The van der Waals surface area contributed by atoms with Gasteiger partial charge in [-0.1, -0.05) is 12.1 Å². The summed E-state index contributed by atoms with van der Waals surface area (Å²) in [7, 11) is 1.69. The van der Waals surface area contributed by atoms with Crippen LogP contribution in [0.5, 0.6) is 5.75 Å². The molecule has 0 amide bonds. The van der Waals surface area contributed by atoms with Crippen LogP contribution in [-0.2, 0) is 10.5 Å². The zero-order valence-electron chi connectivity index (χ0n) is 14.2. The number of hydrogen-bond acceptors (Lipinski definition) is 4. The number of methoxy groups -OCH3 is 1. The SMILES string of the molecule is COc1cccc(C2(c3ccncc3C)OCCN2C(C)C)c1. The maximum atomic E-state index is 6.41. The molecular weight excluding hydrogens is 288 g/mol. The smallest absolute Gasteiger partial charge is 0.174 e. The van der Waals surface area contributed by atoms with Gasteiger partial charge in [0.05, 0.1) is 13.7 Å². The van der Waals surface area contributed by atoms with E-state index in [9.17, 15) is 0 Å². The highest BCUT2D eigenvalue weighted by atomic mass is 16.5. The van der Waals surface area contributed by atoms with Crippen molar-refractivity contribution in [3.05, 3.63) is 59.4 Å². The quantitative estimate of drug-likeness (QED) is 0.867. The number of hydrogen-bond donors (Lipinski definition) is 0. The predicted octanol–water partition coefficient (Wildman–Crippen LogP) is 3.34. The van der Waals surface area contributed by atoms with Crippen molar-refractivity contribution in [3.63, 3.8) is 0 Å². The summed E-state index contributed by atoms with van der Waals surface area (Å²) in [6, 6.07) is 10.6. The van der Waals surface area contributed by atoms with Crippen molar-refractivity contribution in [2.24, 2.45) is 0 Å². The molecule has 122 valence electrons. The summed E-state index contributed by atoms with van der Waals surface area (Å²) in [5.41, 5.74) is 2.78. The molecule has 1 fully saturated rings. The molecule has 0 N–H and O–H groups in total. The molecule has 3 rings (SSSR count). The molecule has 0 saturated carbocycles. The van der Waals surface area contributed by atoms with Crippen molar-refractivity contribution in [2.45, 2.75) is 32.5 Å². The lowest BCUT2D eigenvalue weighted by molar-refractivity contribution is -0.0655. The summed E-state index contributed by atoms with van der Waals surface area (Å²) in [6.07, 6.45) is 3.74. The Morgan fingerprint density at radius 3 is 2.83 bits per heavy atom. The van der Waals surface area contributed by atoms with Crippen molar-refractivity contribution in [3.8, 4) is 5.75 Å². The van der Waals surface area contributed by atoms with E-state index in [1.807, 2.05) is 24.5 Å². The molecule has 0 bridgehead atoms. The summed E-state index contributed by atoms with van der Waals surface area (Å²) in [6.45, 7) is 8.11. The number of ether oxygens (including phenoxy) is 2. The lowest BCUT2D eigenvalue weighted by atomic mass is 9.90. The summed E-state index contributed by atoms with van der Waals surface area (Å²) in [5.74, 6) is 0.841. The van der Waals surface area contributed by atoms with Crippen molar-refractivity contribution in [1.29, 1.82) is 0 Å². The maximum absolute atomic E-state index is 6.41. The van der Waals surface area contributed by atoms with Crippen LogP contribution in [0.15, 0.2) is 42.7 Å². The molecule has 2 aromatic rings. The largest absolute Gasteiger partial charge is 0.497 e. The fourth-order valence-corrected chi connectivity index (χ4v) is 3.48. The molecule has 1 aromatic carbocycles. The predicted molar refractivity (Wildman–Crippen MR) is 90.5 cm³/mol. The van der Waals surface area contributed by atoms with Gasteiger partial charge in [0, 0.05) is 36.1 Å². The van der Waals surface area contributed by atoms with E-state index in [0.717, 1.165) is 29.0 Å². The van der Waals surface area contributed by atoms with E-state index in [2.05, 4.69) is 48.9 Å². The molecular formula is C19H24N2O2. The third-order valence-electron chi connectivity index (χ3n) is 4.52. The molecule has 1 aromatic heterocycles. The van der Waals surface area contributed by atoms with E-state index in [-0.39, 0.29) is 0 Å². The fraction of sp³-hybridized carbons (Fsp3) is 0.421. The second kappa shape index (κ2) is 6.30. The lowest BCUT2D eigenvalue weighted by Gasteiger charge is -2.41. The molecule has 1 saturated heterocycles. The van der Waals surface area contributed by atoms with Crippen LogP contribution in [0.3, 0.4) is 0 Å². The number of pyridine rings is 1. The number of rotatable bonds is 4. The van der Waals surface area contributed by atoms with E-state index < -0.39 is 5.72 Å². The summed E-state index contributed by atoms with van der Waals surface area (Å²) in [4.78, 5) is 6.65. The third kappa shape index (κ3) is 2.62. The zero-order chi connectivity index (χ0) is 16.4. The lowest BCUT2D eigenvalue weighted by Crippen LogP contribution is -2.47. The first-order valence-electron chi connectivity index (χ1n) is 8.06. The molecule has 4 heteroatoms. The Bertz CT molecular complexity index is 687. The van der Waals surface area contributed by atoms with Crippen LogP contribution >= 0.6 is 0 Å². The van der Waals surface area contributed by atoms with Gasteiger partial charge in [0.1, 0.15) is 5.75 Å². The molecule has 4 nitrogen and oxygen atoms in total. The normalized spacial score (nSPS) is 21.8. The molecule has 1 aliphatic heterocycles. The van der Waals surface area contributed by atoms with E-state index in [1.165, 1.54) is 0 Å². The summed E-state index contributed by atoms with van der Waals surface area (Å²) < 4.78 is 11.8. The van der Waals surface area contributed by atoms with Gasteiger partial charge in [0.15, 0.2) is 5.72 Å². The van der Waals surface area contributed by atoms with Crippen LogP contribution in [0.25, 0.3) is 0 Å². The maximum Gasteiger partial charge on any atom is 0.174 e. The zero-order valence-corrected chi connectivity index (χ0v) is 14.2. The molecule has 0 aliphatic carbocycles. The Kier molecular flexibility index (Phi) is 4.37. The van der Waals surface area contributed by atoms with Crippen molar-refractivity contribution in [2.75, 3.05) is 20.3 Å². The highest BCUT2D eigenvalue weighted by Gasteiger charge is 2.47. The minimum Gasteiger partial charge on any atom is -0.497 e. The van der Waals surface area contributed by atoms with Gasteiger partial charge in [-0.05, 0) is 44.5 Å². The van der Waals surface area contributed by atoms with Crippen molar-refractivity contribution in [1.82, 2.24) is 9.88 Å². The topological polar surface area (TPSA) is 34.6 Å². The van der Waals surface area contributed by atoms with Gasteiger partial charge in [-0.2, -0.15) is 0 Å². The molecule has 2 heterocycles. The number of benzene rings is 1. The van der Waals surface area contributed by atoms with E-state index in [0.29, 0.717) is 12.6 Å². The van der Waals surface area contributed by atoms with Crippen molar-refractivity contribution < 1.29 is 9.47 Å². The number of aromatic nitrogens is 1. The molecule has 23 heavy (non-hydrogen) atoms. The standard InChI is InChI=1S/C19H24N2O2/c1-14(2)21-10-11-23-19(21,18-8-9-20-13-15(18)3)16-6-5-7-17(12-16)22-4/h5-9,12-14H,10-11H2,1-4H3. The van der Waals surface area contributed by atoms with E-state index in [4.69, 9.17) is 9.47 Å². The van der Waals surface area contributed by atoms with Crippen LogP contribution in [0.2, 0.25) is 0 Å². The monoisotopic (exact) mass is 312 g/mol. The van der Waals surface area contributed by atoms with Crippen LogP contribution < -0.4 is 4.74 Å². The summed E-state index contributed by atoms with van der Waals surface area (Å²) >= 11 is 0. The van der Waals surface area contributed by atoms with E-state index in [1.54, 1.807) is 7.11 Å². The molecule has 0 radical (unpaired) electrons. The molecule has 1 atom stereocenters. The second-order valence-corrected chi connectivity index (χ2v) is 6.20. The highest BCUT2D eigenvalue weighted by Crippen LogP contribution is 2.43. The van der Waals surface area contributed by atoms with Gasteiger partial charge in [-0.3, -0.25) is 9.88 Å². The summed E-state index contributed by atoms with van der Waals surface area (Å²) in [5, 5.41) is 0.